The van der Waals surface area contributed by atoms with Gasteiger partial charge in [-0.3, -0.25) is 19.4 Å². The Balaban J connectivity index is 1.32. The zero-order valence-electron chi connectivity index (χ0n) is 22.6. The van der Waals surface area contributed by atoms with Gasteiger partial charge < -0.3 is 15.5 Å². The first-order valence-corrected chi connectivity index (χ1v) is 15.6. The van der Waals surface area contributed by atoms with Gasteiger partial charge in [-0.15, -0.1) is 0 Å². The van der Waals surface area contributed by atoms with E-state index in [-0.39, 0.29) is 49.7 Å². The van der Waals surface area contributed by atoms with E-state index >= 15 is 0 Å². The van der Waals surface area contributed by atoms with Crippen LogP contribution in [0.2, 0.25) is 10.0 Å². The van der Waals surface area contributed by atoms with Gasteiger partial charge in [0.2, 0.25) is 17.7 Å². The van der Waals surface area contributed by atoms with E-state index in [0.717, 1.165) is 5.56 Å². The quantitative estimate of drug-likeness (QED) is 0.330. The lowest BCUT2D eigenvalue weighted by molar-refractivity contribution is -0.134. The molecule has 0 spiro atoms. The summed E-state index contributed by atoms with van der Waals surface area (Å²) in [5.74, 6) is -1.37. The number of carbonyl (C=O) groups excluding carboxylic acids is 3. The summed E-state index contributed by atoms with van der Waals surface area (Å²) in [5, 5.41) is 5.72. The van der Waals surface area contributed by atoms with Crippen molar-refractivity contribution in [3.8, 4) is 0 Å². The summed E-state index contributed by atoms with van der Waals surface area (Å²) in [6, 6.07) is 17.2. The fourth-order valence-corrected chi connectivity index (χ4v) is 6.52. The molecule has 42 heavy (non-hydrogen) atoms. The number of sulfone groups is 1. The molecular weight excluding hydrogens is 599 g/mol. The molecule has 1 aliphatic heterocycles. The van der Waals surface area contributed by atoms with Crippen molar-refractivity contribution in [3.05, 3.63) is 100 Å². The molecular formula is C30H30Cl2N4O5S. The van der Waals surface area contributed by atoms with Crippen molar-refractivity contribution >= 4 is 56.8 Å². The molecule has 12 heteroatoms. The molecule has 1 aromatic heterocycles. The van der Waals surface area contributed by atoms with Crippen LogP contribution in [0.5, 0.6) is 0 Å². The maximum atomic E-state index is 13.1. The Morgan fingerprint density at radius 1 is 0.952 bits per heavy atom. The smallest absolute Gasteiger partial charge is 0.244 e. The molecule has 2 heterocycles. The third kappa shape index (κ3) is 8.64. The van der Waals surface area contributed by atoms with Crippen LogP contribution in [0.1, 0.15) is 24.1 Å². The lowest BCUT2D eigenvalue weighted by Crippen LogP contribution is -2.51. The zero-order valence-corrected chi connectivity index (χ0v) is 24.9. The third-order valence-corrected chi connectivity index (χ3v) is 9.64. The number of pyridine rings is 1. The average molecular weight is 630 g/mol. The first-order chi connectivity index (χ1) is 20.1. The van der Waals surface area contributed by atoms with Crippen molar-refractivity contribution in [1.82, 2.24) is 20.5 Å². The van der Waals surface area contributed by atoms with Gasteiger partial charge in [-0.25, -0.2) is 8.42 Å². The molecule has 2 N–H and O–H groups in total. The van der Waals surface area contributed by atoms with Gasteiger partial charge in [0.15, 0.2) is 9.84 Å². The second kappa shape index (κ2) is 14.4. The number of benzene rings is 2. The minimum Gasteiger partial charge on any atom is -0.345 e. The van der Waals surface area contributed by atoms with E-state index in [4.69, 9.17) is 23.2 Å². The van der Waals surface area contributed by atoms with E-state index in [1.54, 1.807) is 54.7 Å². The fraction of sp³-hybridized carbons (Fsp3) is 0.267. The molecule has 9 nitrogen and oxygen atoms in total. The standard InChI is InChI=1S/C30H30Cl2N4O5S/c31-22-7-4-21(5-8-22)6-13-28(37)35-27(19-24-3-1-2-16-33-24)30(39)34-20-29(38)36-17-14-26(15-18-36)42(40,41)25-11-9-23(32)10-12-25/h1-13,16,26-27H,14-15,17-20H2,(H,34,39)(H,35,37)/b13-6+/t27-/m0/s1. The number of rotatable bonds is 10. The Morgan fingerprint density at radius 2 is 1.60 bits per heavy atom. The van der Waals surface area contributed by atoms with E-state index in [0.29, 0.717) is 15.7 Å². The number of nitrogens with one attached hydrogen (secondary N) is 2. The Hall–Kier alpha value is -3.73. The molecule has 3 aromatic rings. The number of carbonyl (C=O) groups is 3. The number of amides is 3. The summed E-state index contributed by atoms with van der Waals surface area (Å²) in [4.78, 5) is 44.6. The lowest BCUT2D eigenvalue weighted by atomic mass is 10.1. The summed E-state index contributed by atoms with van der Waals surface area (Å²) < 4.78 is 26.0. The van der Waals surface area contributed by atoms with Gasteiger partial charge in [-0.2, -0.15) is 0 Å². The van der Waals surface area contributed by atoms with Gasteiger partial charge in [-0.05, 0) is 73.0 Å². The van der Waals surface area contributed by atoms with Crippen LogP contribution in [0, 0.1) is 0 Å². The highest BCUT2D eigenvalue weighted by Crippen LogP contribution is 2.25. The normalized spacial score (nSPS) is 14.9. The van der Waals surface area contributed by atoms with Gasteiger partial charge in [-0.1, -0.05) is 41.4 Å². The van der Waals surface area contributed by atoms with Crippen LogP contribution >= 0.6 is 23.2 Å². The minimum atomic E-state index is -3.55. The topological polar surface area (TPSA) is 126 Å². The number of aromatic nitrogens is 1. The predicted molar refractivity (Wildman–Crippen MR) is 162 cm³/mol. The number of hydrogen-bond donors (Lipinski definition) is 2. The van der Waals surface area contributed by atoms with Crippen molar-refractivity contribution in [2.45, 2.75) is 35.4 Å². The Kier molecular flexibility index (Phi) is 10.7. The van der Waals surface area contributed by atoms with Crippen LogP contribution in [-0.4, -0.2) is 66.9 Å². The molecule has 1 aliphatic rings. The van der Waals surface area contributed by atoms with Gasteiger partial charge in [0, 0.05) is 47.5 Å². The van der Waals surface area contributed by atoms with Crippen LogP contribution in [0.25, 0.3) is 6.08 Å². The van der Waals surface area contributed by atoms with E-state index in [9.17, 15) is 22.8 Å². The largest absolute Gasteiger partial charge is 0.345 e. The first kappa shape index (κ1) is 31.2. The maximum absolute atomic E-state index is 13.1. The second-order valence-corrected chi connectivity index (χ2v) is 12.9. The number of halogens is 2. The molecule has 0 bridgehead atoms. The minimum absolute atomic E-state index is 0.120. The van der Waals surface area contributed by atoms with E-state index < -0.39 is 32.9 Å². The van der Waals surface area contributed by atoms with Gasteiger partial charge in [0.05, 0.1) is 16.7 Å². The third-order valence-electron chi connectivity index (χ3n) is 6.86. The number of hydrogen-bond acceptors (Lipinski definition) is 6. The Labute approximate surface area is 254 Å². The number of likely N-dealkylation sites (tertiary alicyclic amines) is 1. The molecule has 3 amide bonds. The number of piperidine rings is 1. The highest BCUT2D eigenvalue weighted by Gasteiger charge is 2.33. The van der Waals surface area contributed by atoms with Gasteiger partial charge in [0.1, 0.15) is 6.04 Å². The van der Waals surface area contributed by atoms with Crippen molar-refractivity contribution < 1.29 is 22.8 Å². The summed E-state index contributed by atoms with van der Waals surface area (Å²) >= 11 is 11.8. The van der Waals surface area contributed by atoms with Crippen molar-refractivity contribution in [2.24, 2.45) is 0 Å². The van der Waals surface area contributed by atoms with Crippen molar-refractivity contribution in [3.63, 3.8) is 0 Å². The first-order valence-electron chi connectivity index (χ1n) is 13.3. The molecule has 0 radical (unpaired) electrons. The highest BCUT2D eigenvalue weighted by atomic mass is 35.5. The average Bonchev–Trinajstić information content (AvgIpc) is 3.00. The van der Waals surface area contributed by atoms with E-state index in [1.165, 1.54) is 35.2 Å². The molecule has 4 rings (SSSR count). The van der Waals surface area contributed by atoms with Crippen LogP contribution in [-0.2, 0) is 30.6 Å². The highest BCUT2D eigenvalue weighted by molar-refractivity contribution is 7.92. The van der Waals surface area contributed by atoms with Crippen molar-refractivity contribution in [2.75, 3.05) is 19.6 Å². The summed E-state index contributed by atoms with van der Waals surface area (Å²) in [6.07, 6.45) is 5.19. The zero-order chi connectivity index (χ0) is 30.1. The van der Waals surface area contributed by atoms with Crippen LogP contribution in [0.3, 0.4) is 0 Å². The molecule has 2 aromatic carbocycles. The molecule has 1 saturated heterocycles. The molecule has 1 atom stereocenters. The van der Waals surface area contributed by atoms with E-state index in [1.807, 2.05) is 0 Å². The van der Waals surface area contributed by atoms with Crippen LogP contribution < -0.4 is 10.6 Å². The number of nitrogens with zero attached hydrogens (tertiary/aromatic N) is 2. The molecule has 1 fully saturated rings. The van der Waals surface area contributed by atoms with Gasteiger partial charge in [0.25, 0.3) is 0 Å². The molecule has 220 valence electrons. The molecule has 0 aliphatic carbocycles. The van der Waals surface area contributed by atoms with Crippen molar-refractivity contribution in [1.29, 1.82) is 0 Å². The Morgan fingerprint density at radius 3 is 2.21 bits per heavy atom. The van der Waals surface area contributed by atoms with E-state index in [2.05, 4.69) is 15.6 Å². The maximum Gasteiger partial charge on any atom is 0.244 e. The molecule has 0 unspecified atom stereocenters. The van der Waals surface area contributed by atoms with Crippen LogP contribution in [0.15, 0.2) is 83.9 Å². The summed E-state index contributed by atoms with van der Waals surface area (Å²) in [7, 11) is -3.55. The summed E-state index contributed by atoms with van der Waals surface area (Å²) in [5.41, 5.74) is 1.35. The van der Waals surface area contributed by atoms with Crippen LogP contribution in [0.4, 0.5) is 0 Å². The summed E-state index contributed by atoms with van der Waals surface area (Å²) in [6.45, 7) is 0.203. The monoisotopic (exact) mass is 628 g/mol. The second-order valence-electron chi connectivity index (χ2n) is 9.77. The Bertz CT molecular complexity index is 1520. The SMILES string of the molecule is O=C(/C=C/c1ccc(Cl)cc1)N[C@@H](Cc1ccccn1)C(=O)NCC(=O)N1CCC(S(=O)(=O)c2ccc(Cl)cc2)CC1. The fourth-order valence-electron chi connectivity index (χ4n) is 4.53. The van der Waals surface area contributed by atoms with Gasteiger partial charge >= 0.3 is 0 Å². The molecule has 0 saturated carbocycles. The lowest BCUT2D eigenvalue weighted by Gasteiger charge is -2.32. The predicted octanol–water partition coefficient (Wildman–Crippen LogP) is 3.71.